The maximum absolute atomic E-state index is 13.8. The first kappa shape index (κ1) is 45.9. The third kappa shape index (κ3) is 10.1. The van der Waals surface area contributed by atoms with Crippen LogP contribution in [-0.2, 0) is 44.1 Å². The highest BCUT2D eigenvalue weighted by molar-refractivity contribution is 6.42. The fourth-order valence-electron chi connectivity index (χ4n) is 8.29. The molecule has 2 atom stereocenters. The third-order valence-electron chi connectivity index (χ3n) is 11.4. The van der Waals surface area contributed by atoms with Gasteiger partial charge in [0.05, 0.1) is 40.4 Å². The van der Waals surface area contributed by atoms with E-state index in [1.165, 1.54) is 4.90 Å². The SMILES string of the molecule is Cl.O=C(CO[C@H]1Cc2ccccc2C12CCN(CC[C@]1(c3ccc(Cl)c(Cl)c3)CN(C(=O)c3cc(C(F)(F)F)cc(C(F)(F)F)c3)CCO1)CC2)N(O)CCCCO. The number of aliphatic hydroxyl groups excluding tert-OH is 1. The van der Waals surface area contributed by atoms with Gasteiger partial charge in [0.1, 0.15) is 12.2 Å². The van der Waals surface area contributed by atoms with E-state index >= 15 is 0 Å². The van der Waals surface area contributed by atoms with Crippen molar-refractivity contribution in [2.75, 3.05) is 59.1 Å². The Morgan fingerprint density at radius 2 is 1.59 bits per heavy atom. The Balaban J connectivity index is 0.00000641. The lowest BCUT2D eigenvalue weighted by Crippen LogP contribution is -2.54. The molecule has 3 aliphatic rings. The van der Waals surface area contributed by atoms with Crippen molar-refractivity contribution >= 4 is 47.4 Å². The standard InChI is InChI=1S/C40H43Cl2F6N3O6.ClH/c41-32-8-7-28(23-33(32)42)38(25-50(16-18-57-38)36(54)27-19-29(39(43,44)45)22-30(20-27)40(46,47)48)11-15-49-13-9-37(10-14-49)31-6-2-1-5-26(31)21-34(37)56-24-35(53)51(55)12-3-4-17-52;/h1-2,5-8,19-20,22-23,34,52,55H,3-4,9-18,21,24-25H2;1H/t34-,38+;/m0./s1. The maximum atomic E-state index is 13.8. The number of amides is 2. The number of carbonyl (C=O) groups excluding carboxylic acids is 2. The number of ether oxygens (including phenoxy) is 2. The number of benzene rings is 3. The Bertz CT molecular complexity index is 1900. The summed E-state index contributed by atoms with van der Waals surface area (Å²) < 4.78 is 94.8. The number of morpholine rings is 1. The molecule has 3 aromatic rings. The van der Waals surface area contributed by atoms with Crippen LogP contribution in [0.15, 0.2) is 60.7 Å². The molecular weight excluding hydrogens is 839 g/mol. The number of nitrogens with zero attached hydrogens (tertiary/aromatic N) is 3. The van der Waals surface area contributed by atoms with E-state index in [-0.39, 0.29) is 80.5 Å². The minimum atomic E-state index is -5.12. The molecule has 18 heteroatoms. The van der Waals surface area contributed by atoms with Crippen LogP contribution in [0, 0.1) is 0 Å². The molecule has 2 saturated heterocycles. The third-order valence-corrected chi connectivity index (χ3v) is 12.1. The summed E-state index contributed by atoms with van der Waals surface area (Å²) in [6.07, 6.45) is -7.46. The number of carbonyl (C=O) groups is 2. The molecule has 2 aliphatic heterocycles. The molecule has 2 fully saturated rings. The van der Waals surface area contributed by atoms with Gasteiger partial charge < -0.3 is 24.4 Å². The molecule has 2 heterocycles. The fraction of sp³-hybridized carbons (Fsp3) is 0.500. The number of halogens is 9. The van der Waals surface area contributed by atoms with Crippen molar-refractivity contribution in [3.63, 3.8) is 0 Å². The van der Waals surface area contributed by atoms with Gasteiger partial charge in [0.2, 0.25) is 0 Å². The van der Waals surface area contributed by atoms with Crippen LogP contribution in [0.1, 0.15) is 70.3 Å². The lowest BCUT2D eigenvalue weighted by atomic mass is 9.72. The highest BCUT2D eigenvalue weighted by Crippen LogP contribution is 2.48. The minimum absolute atomic E-state index is 0. The van der Waals surface area contributed by atoms with Crippen LogP contribution < -0.4 is 0 Å². The average molecular weight is 883 g/mol. The first-order valence-electron chi connectivity index (χ1n) is 18.7. The Kier molecular flexibility index (Phi) is 14.8. The molecule has 1 aliphatic carbocycles. The largest absolute Gasteiger partial charge is 0.416 e. The van der Waals surface area contributed by atoms with Crippen molar-refractivity contribution < 1.29 is 55.7 Å². The number of piperidine rings is 1. The first-order chi connectivity index (χ1) is 27.0. The number of hydrogen-bond donors (Lipinski definition) is 2. The minimum Gasteiger partial charge on any atom is -0.396 e. The maximum Gasteiger partial charge on any atom is 0.416 e. The van der Waals surface area contributed by atoms with E-state index in [4.69, 9.17) is 37.8 Å². The summed E-state index contributed by atoms with van der Waals surface area (Å²) in [5.74, 6) is -1.57. The molecule has 0 aromatic heterocycles. The number of hydroxylamine groups is 2. The highest BCUT2D eigenvalue weighted by Gasteiger charge is 2.50. The Morgan fingerprint density at radius 1 is 0.914 bits per heavy atom. The van der Waals surface area contributed by atoms with Gasteiger partial charge in [-0.25, -0.2) is 5.06 Å². The summed E-state index contributed by atoms with van der Waals surface area (Å²) in [6.45, 7) is 1.08. The summed E-state index contributed by atoms with van der Waals surface area (Å²) in [7, 11) is 0. The summed E-state index contributed by atoms with van der Waals surface area (Å²) in [6, 6.07) is 13.7. The summed E-state index contributed by atoms with van der Waals surface area (Å²) in [4.78, 5) is 29.9. The predicted molar refractivity (Wildman–Crippen MR) is 205 cm³/mol. The lowest BCUT2D eigenvalue weighted by molar-refractivity contribution is -0.174. The topological polar surface area (TPSA) is 103 Å². The second-order valence-corrected chi connectivity index (χ2v) is 15.7. The van der Waals surface area contributed by atoms with Crippen LogP contribution in [0.25, 0.3) is 0 Å². The van der Waals surface area contributed by atoms with Crippen molar-refractivity contribution in [3.8, 4) is 0 Å². The number of fused-ring (bicyclic) bond motifs is 2. The van der Waals surface area contributed by atoms with E-state index in [0.717, 1.165) is 11.1 Å². The van der Waals surface area contributed by atoms with Gasteiger partial charge in [-0.15, -0.1) is 12.4 Å². The average Bonchev–Trinajstić information content (AvgIpc) is 3.48. The van der Waals surface area contributed by atoms with Crippen LogP contribution in [-0.4, -0.2) is 102 Å². The molecule has 1 spiro atoms. The van der Waals surface area contributed by atoms with Gasteiger partial charge in [-0.1, -0.05) is 53.5 Å². The molecule has 9 nitrogen and oxygen atoms in total. The fourth-order valence-corrected chi connectivity index (χ4v) is 8.59. The van der Waals surface area contributed by atoms with E-state index < -0.39 is 51.9 Å². The number of alkyl halides is 6. The zero-order chi connectivity index (χ0) is 41.2. The van der Waals surface area contributed by atoms with Crippen molar-refractivity contribution in [1.82, 2.24) is 14.9 Å². The first-order valence-corrected chi connectivity index (χ1v) is 19.4. The molecule has 58 heavy (non-hydrogen) atoms. The number of likely N-dealkylation sites (tertiary alicyclic amines) is 1. The Morgan fingerprint density at radius 3 is 2.22 bits per heavy atom. The van der Waals surface area contributed by atoms with E-state index in [0.29, 0.717) is 74.5 Å². The second kappa shape index (κ2) is 18.6. The molecule has 0 radical (unpaired) electrons. The number of rotatable bonds is 12. The van der Waals surface area contributed by atoms with Crippen molar-refractivity contribution in [1.29, 1.82) is 0 Å². The number of hydrogen-bond acceptors (Lipinski definition) is 7. The van der Waals surface area contributed by atoms with Gasteiger partial charge in [-0.2, -0.15) is 26.3 Å². The lowest BCUT2D eigenvalue weighted by Gasteiger charge is -2.46. The van der Waals surface area contributed by atoms with Crippen molar-refractivity contribution in [2.24, 2.45) is 0 Å². The van der Waals surface area contributed by atoms with Crippen LogP contribution in [0.5, 0.6) is 0 Å². The highest BCUT2D eigenvalue weighted by atomic mass is 35.5. The molecule has 0 bridgehead atoms. The van der Waals surface area contributed by atoms with E-state index in [1.54, 1.807) is 18.2 Å². The summed E-state index contributed by atoms with van der Waals surface area (Å²) in [5, 5.41) is 20.3. The zero-order valence-corrected chi connectivity index (χ0v) is 33.6. The monoisotopic (exact) mass is 881 g/mol. The van der Waals surface area contributed by atoms with Gasteiger partial charge in [-0.05, 0) is 98.6 Å². The quantitative estimate of drug-likeness (QED) is 0.0820. The second-order valence-electron chi connectivity index (χ2n) is 14.8. The number of aliphatic hydroxyl groups is 1. The van der Waals surface area contributed by atoms with Gasteiger partial charge in [0, 0.05) is 37.2 Å². The van der Waals surface area contributed by atoms with Crippen molar-refractivity contribution in [2.45, 2.75) is 68.0 Å². The van der Waals surface area contributed by atoms with Crippen molar-refractivity contribution in [3.05, 3.63) is 104 Å². The van der Waals surface area contributed by atoms with Gasteiger partial charge >= 0.3 is 12.4 Å². The molecule has 318 valence electrons. The molecule has 0 unspecified atom stereocenters. The smallest absolute Gasteiger partial charge is 0.396 e. The van der Waals surface area contributed by atoms with E-state index in [2.05, 4.69) is 11.0 Å². The summed E-state index contributed by atoms with van der Waals surface area (Å²) in [5.41, 5.74) is -2.75. The number of unbranched alkanes of at least 4 members (excludes halogenated alkanes) is 1. The zero-order valence-electron chi connectivity index (χ0n) is 31.3. The van der Waals surface area contributed by atoms with Gasteiger partial charge in [-0.3, -0.25) is 14.8 Å². The van der Waals surface area contributed by atoms with Gasteiger partial charge in [0.25, 0.3) is 11.8 Å². The Hall–Kier alpha value is -3.15. The van der Waals surface area contributed by atoms with Crippen LogP contribution in [0.2, 0.25) is 10.0 Å². The molecule has 3 aromatic carbocycles. The molecule has 0 saturated carbocycles. The molecular formula is C40H44Cl3F6N3O6. The van der Waals surface area contributed by atoms with Crippen LogP contribution in [0.4, 0.5) is 26.3 Å². The molecule has 2 amide bonds. The normalized spacial score (nSPS) is 20.8. The van der Waals surface area contributed by atoms with Gasteiger partial charge in [0.15, 0.2) is 0 Å². The van der Waals surface area contributed by atoms with Crippen LogP contribution >= 0.6 is 35.6 Å². The summed E-state index contributed by atoms with van der Waals surface area (Å²) >= 11 is 12.7. The molecule has 6 rings (SSSR count). The Labute approximate surface area is 348 Å². The van der Waals surface area contributed by atoms with E-state index in [1.807, 2.05) is 18.2 Å². The molecule has 2 N–H and O–H groups in total. The van der Waals surface area contributed by atoms with E-state index in [9.17, 15) is 41.1 Å². The predicted octanol–water partition coefficient (Wildman–Crippen LogP) is 8.18. The van der Waals surface area contributed by atoms with Crippen LogP contribution in [0.3, 0.4) is 0 Å².